The minimum Gasteiger partial charge on any atom is -0.490 e. The van der Waals surface area contributed by atoms with Crippen LogP contribution in [0, 0.1) is 0 Å². The summed E-state index contributed by atoms with van der Waals surface area (Å²) < 4.78 is 12.1. The predicted molar refractivity (Wildman–Crippen MR) is 85.9 cm³/mol. The molecule has 4 nitrogen and oxygen atoms in total. The van der Waals surface area contributed by atoms with Crippen LogP contribution in [0.3, 0.4) is 0 Å². The Bertz CT molecular complexity index is 482. The molecular weight excluding hydrogens is 334 g/mol. The summed E-state index contributed by atoms with van der Waals surface area (Å²) in [5.74, 6) is 0.799. The van der Waals surface area contributed by atoms with Crippen molar-refractivity contribution < 1.29 is 14.3 Å². The Hall–Kier alpha value is -1.07. The van der Waals surface area contributed by atoms with E-state index in [0.29, 0.717) is 25.3 Å². The largest absolute Gasteiger partial charge is 0.490 e. The average molecular weight is 356 g/mol. The highest BCUT2D eigenvalue weighted by atomic mass is 79.9. The Morgan fingerprint density at radius 3 is 2.76 bits per heavy atom. The average Bonchev–Trinajstić information content (AvgIpc) is 3.00. The van der Waals surface area contributed by atoms with Gasteiger partial charge in [0.2, 0.25) is 0 Å². The van der Waals surface area contributed by atoms with Gasteiger partial charge in [-0.15, -0.1) is 0 Å². The first-order valence-electron chi connectivity index (χ1n) is 7.49. The molecule has 21 heavy (non-hydrogen) atoms. The molecule has 0 spiro atoms. The highest BCUT2D eigenvalue weighted by Gasteiger charge is 2.18. The third kappa shape index (κ3) is 4.20. The fraction of sp³-hybridized carbons (Fsp3) is 0.562. The summed E-state index contributed by atoms with van der Waals surface area (Å²) in [6, 6.07) is 5.48. The zero-order valence-electron chi connectivity index (χ0n) is 12.6. The van der Waals surface area contributed by atoms with Gasteiger partial charge in [-0.25, -0.2) is 0 Å². The van der Waals surface area contributed by atoms with Crippen LogP contribution >= 0.6 is 15.9 Å². The van der Waals surface area contributed by atoms with Crippen molar-refractivity contribution in [1.82, 2.24) is 4.90 Å². The van der Waals surface area contributed by atoms with Crippen LogP contribution < -0.4 is 4.74 Å². The summed E-state index contributed by atoms with van der Waals surface area (Å²) in [6.45, 7) is 6.77. The van der Waals surface area contributed by atoms with Crippen molar-refractivity contribution in [1.29, 1.82) is 0 Å². The van der Waals surface area contributed by atoms with E-state index in [2.05, 4.69) is 15.9 Å². The standard InChI is InChI=1S/C16H22BrNO3/c1-3-18(4-2)16(19)12-7-8-15(14(17)10-12)21-11-13-6-5-9-20-13/h7-8,10,13H,3-6,9,11H2,1-2H3. The van der Waals surface area contributed by atoms with Crippen LogP contribution in [0.5, 0.6) is 5.75 Å². The Morgan fingerprint density at radius 2 is 2.19 bits per heavy atom. The van der Waals surface area contributed by atoms with Crippen LogP contribution in [0.25, 0.3) is 0 Å². The molecule has 1 aliphatic rings. The van der Waals surface area contributed by atoms with Gasteiger partial charge in [0.1, 0.15) is 12.4 Å². The molecule has 1 atom stereocenters. The van der Waals surface area contributed by atoms with Crippen LogP contribution in [0.15, 0.2) is 22.7 Å². The second-order valence-corrected chi connectivity index (χ2v) is 5.92. The zero-order valence-corrected chi connectivity index (χ0v) is 14.2. The third-order valence-corrected chi connectivity index (χ3v) is 4.30. The van der Waals surface area contributed by atoms with Crippen molar-refractivity contribution in [2.24, 2.45) is 0 Å². The van der Waals surface area contributed by atoms with Gasteiger partial charge in [-0.1, -0.05) is 0 Å². The minimum atomic E-state index is 0.0476. The van der Waals surface area contributed by atoms with Crippen molar-refractivity contribution in [2.45, 2.75) is 32.8 Å². The lowest BCUT2D eigenvalue weighted by Gasteiger charge is -2.19. The Kier molecular flexibility index (Phi) is 6.06. The minimum absolute atomic E-state index is 0.0476. The van der Waals surface area contributed by atoms with E-state index in [4.69, 9.17) is 9.47 Å². The van der Waals surface area contributed by atoms with Crippen LogP contribution in [0.2, 0.25) is 0 Å². The normalized spacial score (nSPS) is 17.8. The molecule has 1 saturated heterocycles. The number of nitrogens with zero attached hydrogens (tertiary/aromatic N) is 1. The molecule has 1 unspecified atom stereocenters. The lowest BCUT2D eigenvalue weighted by molar-refractivity contribution is 0.0676. The highest BCUT2D eigenvalue weighted by Crippen LogP contribution is 2.27. The molecular formula is C16H22BrNO3. The monoisotopic (exact) mass is 355 g/mol. The van der Waals surface area contributed by atoms with Crippen molar-refractivity contribution in [3.05, 3.63) is 28.2 Å². The number of hydrogen-bond donors (Lipinski definition) is 0. The van der Waals surface area contributed by atoms with Gasteiger partial charge in [0.25, 0.3) is 5.91 Å². The molecule has 1 heterocycles. The van der Waals surface area contributed by atoms with E-state index in [1.165, 1.54) is 0 Å². The van der Waals surface area contributed by atoms with Gasteiger partial charge in [-0.05, 0) is 60.8 Å². The summed E-state index contributed by atoms with van der Waals surface area (Å²) >= 11 is 3.48. The molecule has 0 radical (unpaired) electrons. The van der Waals surface area contributed by atoms with E-state index in [1.807, 2.05) is 32.0 Å². The van der Waals surface area contributed by atoms with Crippen LogP contribution in [-0.2, 0) is 4.74 Å². The summed E-state index contributed by atoms with van der Waals surface area (Å²) in [7, 11) is 0. The highest BCUT2D eigenvalue weighted by molar-refractivity contribution is 9.10. The molecule has 116 valence electrons. The molecule has 0 N–H and O–H groups in total. The van der Waals surface area contributed by atoms with Gasteiger partial charge in [-0.2, -0.15) is 0 Å². The van der Waals surface area contributed by atoms with E-state index in [1.54, 1.807) is 4.90 Å². The lowest BCUT2D eigenvalue weighted by atomic mass is 10.2. The van der Waals surface area contributed by atoms with Crippen molar-refractivity contribution in [3.63, 3.8) is 0 Å². The maximum absolute atomic E-state index is 12.3. The molecule has 0 aliphatic carbocycles. The molecule has 1 fully saturated rings. The molecule has 0 saturated carbocycles. The number of benzene rings is 1. The molecule has 1 aromatic rings. The van der Waals surface area contributed by atoms with Crippen LogP contribution in [0.4, 0.5) is 0 Å². The fourth-order valence-electron chi connectivity index (χ4n) is 2.40. The smallest absolute Gasteiger partial charge is 0.253 e. The molecule has 2 rings (SSSR count). The molecule has 0 aromatic heterocycles. The summed E-state index contributed by atoms with van der Waals surface area (Å²) in [5, 5.41) is 0. The summed E-state index contributed by atoms with van der Waals surface area (Å²) in [5.41, 5.74) is 0.676. The van der Waals surface area contributed by atoms with E-state index < -0.39 is 0 Å². The Morgan fingerprint density at radius 1 is 1.43 bits per heavy atom. The van der Waals surface area contributed by atoms with E-state index in [0.717, 1.165) is 29.7 Å². The van der Waals surface area contributed by atoms with Gasteiger partial charge in [0.15, 0.2) is 0 Å². The van der Waals surface area contributed by atoms with E-state index >= 15 is 0 Å². The number of rotatable bonds is 6. The Balaban J connectivity index is 2.00. The van der Waals surface area contributed by atoms with Crippen molar-refractivity contribution >= 4 is 21.8 Å². The molecule has 1 aromatic carbocycles. The number of carbonyl (C=O) groups excluding carboxylic acids is 1. The first-order chi connectivity index (χ1) is 10.2. The van der Waals surface area contributed by atoms with Gasteiger partial charge < -0.3 is 14.4 Å². The molecule has 1 aliphatic heterocycles. The fourth-order valence-corrected chi connectivity index (χ4v) is 2.90. The maximum atomic E-state index is 12.3. The van der Waals surface area contributed by atoms with Crippen molar-refractivity contribution in [3.8, 4) is 5.75 Å². The van der Waals surface area contributed by atoms with Gasteiger partial charge >= 0.3 is 0 Å². The molecule has 1 amide bonds. The van der Waals surface area contributed by atoms with E-state index in [9.17, 15) is 4.79 Å². The summed E-state index contributed by atoms with van der Waals surface area (Å²) in [4.78, 5) is 14.1. The number of amides is 1. The number of halogens is 1. The lowest BCUT2D eigenvalue weighted by Crippen LogP contribution is -2.30. The molecule has 0 bridgehead atoms. The molecule has 5 heteroatoms. The van der Waals surface area contributed by atoms with Crippen LogP contribution in [-0.4, -0.2) is 43.2 Å². The second-order valence-electron chi connectivity index (χ2n) is 5.07. The SMILES string of the molecule is CCN(CC)C(=O)c1ccc(OCC2CCCO2)c(Br)c1. The third-order valence-electron chi connectivity index (χ3n) is 3.68. The first-order valence-corrected chi connectivity index (χ1v) is 8.28. The number of carbonyl (C=O) groups is 1. The van der Waals surface area contributed by atoms with E-state index in [-0.39, 0.29) is 12.0 Å². The van der Waals surface area contributed by atoms with Gasteiger partial charge in [-0.3, -0.25) is 4.79 Å². The topological polar surface area (TPSA) is 38.8 Å². The van der Waals surface area contributed by atoms with Crippen LogP contribution in [0.1, 0.15) is 37.0 Å². The predicted octanol–water partition coefficient (Wildman–Crippen LogP) is 3.49. The zero-order chi connectivity index (χ0) is 15.2. The maximum Gasteiger partial charge on any atom is 0.253 e. The first kappa shape index (κ1) is 16.3. The second kappa shape index (κ2) is 7.80. The van der Waals surface area contributed by atoms with Crippen molar-refractivity contribution in [2.75, 3.05) is 26.3 Å². The number of hydrogen-bond acceptors (Lipinski definition) is 3. The quantitative estimate of drug-likeness (QED) is 0.783. The van der Waals surface area contributed by atoms with Gasteiger partial charge in [0.05, 0.1) is 10.6 Å². The van der Waals surface area contributed by atoms with Gasteiger partial charge in [0, 0.05) is 25.3 Å². The summed E-state index contributed by atoms with van der Waals surface area (Å²) in [6.07, 6.45) is 2.34. The number of ether oxygens (including phenoxy) is 2. The Labute approximate surface area is 134 Å².